The van der Waals surface area contributed by atoms with E-state index in [1.54, 1.807) is 0 Å². The molecule has 0 atom stereocenters. The van der Waals surface area contributed by atoms with Crippen LogP contribution >= 0.6 is 0 Å². The molecule has 0 saturated heterocycles. The molecule has 0 bridgehead atoms. The Morgan fingerprint density at radius 3 is 1.92 bits per heavy atom. The van der Waals surface area contributed by atoms with E-state index in [9.17, 15) is 13.2 Å². The molecule has 1 nitrogen and oxygen atoms in total. The smallest absolute Gasteiger partial charge is 0.416 e. The predicted molar refractivity (Wildman–Crippen MR) is 40.4 cm³/mol. The minimum atomic E-state index is -4.26. The Kier molecular flexibility index (Phi) is 2.26. The first-order valence-corrected chi connectivity index (χ1v) is 3.31. The summed E-state index contributed by atoms with van der Waals surface area (Å²) in [5, 5.41) is 3.73. The van der Waals surface area contributed by atoms with Crippen molar-refractivity contribution in [3.8, 4) is 0 Å². The maximum atomic E-state index is 12.0. The highest BCUT2D eigenvalue weighted by molar-refractivity contribution is 5.48. The van der Waals surface area contributed by atoms with Gasteiger partial charge in [-0.2, -0.15) is 13.2 Å². The van der Waals surface area contributed by atoms with Gasteiger partial charge in [-0.1, -0.05) is 24.3 Å². The first-order chi connectivity index (χ1) is 5.54. The number of halogens is 3. The lowest BCUT2D eigenvalue weighted by atomic mass is 10.2. The van der Waals surface area contributed by atoms with Gasteiger partial charge in [0.15, 0.2) is 0 Å². The molecule has 0 aliphatic rings. The third-order valence-corrected chi connectivity index (χ3v) is 1.45. The van der Waals surface area contributed by atoms with E-state index in [1.165, 1.54) is 19.2 Å². The predicted octanol–water partition coefficient (Wildman–Crippen LogP) is 3.34. The van der Waals surface area contributed by atoms with E-state index >= 15 is 0 Å². The molecule has 0 fully saturated rings. The van der Waals surface area contributed by atoms with E-state index in [2.05, 4.69) is 5.32 Å². The van der Waals surface area contributed by atoms with Crippen LogP contribution in [-0.4, -0.2) is 7.05 Å². The Hall–Kier alpha value is -1.19. The number of nitrogens with zero attached hydrogens (tertiary/aromatic N) is 1. The molecular weight excluding hydrogens is 167 g/mol. The molecule has 1 rings (SSSR count). The second-order valence-electron chi connectivity index (χ2n) is 2.27. The van der Waals surface area contributed by atoms with E-state index in [-0.39, 0.29) is 0 Å². The van der Waals surface area contributed by atoms with Crippen LogP contribution in [-0.2, 0) is 6.18 Å². The van der Waals surface area contributed by atoms with E-state index in [4.69, 9.17) is 0 Å². The molecule has 0 aliphatic heterocycles. The number of alkyl halides is 3. The summed E-state index contributed by atoms with van der Waals surface area (Å²) in [7, 11) is 1.53. The maximum absolute atomic E-state index is 12.0. The summed E-state index contributed by atoms with van der Waals surface area (Å²) in [5.74, 6) is 0. The Morgan fingerprint density at radius 2 is 1.58 bits per heavy atom. The molecule has 66 valence electrons. The quantitative estimate of drug-likeness (QED) is 0.619. The fourth-order valence-corrected chi connectivity index (χ4v) is 0.799. The number of rotatable bonds is 1. The minimum Gasteiger partial charge on any atom is -0.687 e. The lowest BCUT2D eigenvalue weighted by Crippen LogP contribution is -2.03. The molecule has 4 heteroatoms. The van der Waals surface area contributed by atoms with Gasteiger partial charge in [0.1, 0.15) is 0 Å². The first-order valence-electron chi connectivity index (χ1n) is 3.31. The van der Waals surface area contributed by atoms with E-state index < -0.39 is 11.7 Å². The van der Waals surface area contributed by atoms with Crippen molar-refractivity contribution in [2.24, 2.45) is 0 Å². The molecule has 0 aliphatic carbocycles. The van der Waals surface area contributed by atoms with Crippen LogP contribution in [0.2, 0.25) is 0 Å². The molecule has 0 radical (unpaired) electrons. The summed E-state index contributed by atoms with van der Waals surface area (Å²) >= 11 is 0. The van der Waals surface area contributed by atoms with Gasteiger partial charge in [0.2, 0.25) is 0 Å². The van der Waals surface area contributed by atoms with Crippen molar-refractivity contribution in [2.75, 3.05) is 7.05 Å². The zero-order valence-corrected chi connectivity index (χ0v) is 6.39. The Labute approximate surface area is 68.2 Å². The average Bonchev–Trinajstić information content (AvgIpc) is 2.03. The normalized spacial score (nSPS) is 11.3. The highest BCUT2D eigenvalue weighted by atomic mass is 19.4. The van der Waals surface area contributed by atoms with Gasteiger partial charge in [-0.15, -0.1) is 12.7 Å². The van der Waals surface area contributed by atoms with Gasteiger partial charge < -0.3 is 5.32 Å². The Bertz CT molecular complexity index is 250. The van der Waals surface area contributed by atoms with Gasteiger partial charge in [-0.3, -0.25) is 0 Å². The monoisotopic (exact) mass is 174 g/mol. The van der Waals surface area contributed by atoms with Crippen molar-refractivity contribution in [3.63, 3.8) is 0 Å². The largest absolute Gasteiger partial charge is 0.687 e. The first kappa shape index (κ1) is 8.90. The molecule has 0 spiro atoms. The molecule has 0 heterocycles. The van der Waals surface area contributed by atoms with Crippen molar-refractivity contribution >= 4 is 5.69 Å². The van der Waals surface area contributed by atoms with E-state index in [0.29, 0.717) is 5.69 Å². The Morgan fingerprint density at radius 1 is 1.08 bits per heavy atom. The molecule has 0 N–H and O–H groups in total. The lowest BCUT2D eigenvalue weighted by Gasteiger charge is -2.14. The maximum Gasteiger partial charge on any atom is 0.416 e. The van der Waals surface area contributed by atoms with Crippen molar-refractivity contribution in [2.45, 2.75) is 6.18 Å². The van der Waals surface area contributed by atoms with Crippen LogP contribution in [0.5, 0.6) is 0 Å². The van der Waals surface area contributed by atoms with E-state index in [1.807, 2.05) is 0 Å². The molecule has 0 saturated carbocycles. The summed E-state index contributed by atoms with van der Waals surface area (Å²) in [6, 6.07) is 4.70. The van der Waals surface area contributed by atoms with Crippen LogP contribution in [0.3, 0.4) is 0 Å². The molecular formula is C8H7F3N-. The van der Waals surface area contributed by atoms with Gasteiger partial charge >= 0.3 is 6.18 Å². The average molecular weight is 174 g/mol. The van der Waals surface area contributed by atoms with Crippen LogP contribution in [0, 0.1) is 0 Å². The molecule has 1 aromatic rings. The van der Waals surface area contributed by atoms with Gasteiger partial charge in [0.25, 0.3) is 0 Å². The summed E-state index contributed by atoms with van der Waals surface area (Å²) in [6.45, 7) is 0. The van der Waals surface area contributed by atoms with Crippen molar-refractivity contribution in [1.29, 1.82) is 0 Å². The fourth-order valence-electron chi connectivity index (χ4n) is 0.799. The highest BCUT2D eigenvalue weighted by Gasteiger charge is 2.29. The molecule has 12 heavy (non-hydrogen) atoms. The second kappa shape index (κ2) is 3.05. The van der Waals surface area contributed by atoms with Gasteiger partial charge in [-0.05, 0) is 0 Å². The number of hydrogen-bond donors (Lipinski definition) is 0. The summed E-state index contributed by atoms with van der Waals surface area (Å²) in [5.41, 5.74) is -0.0992. The fraction of sp³-hybridized carbons (Fsp3) is 0.250. The zero-order chi connectivity index (χ0) is 9.19. The third kappa shape index (κ3) is 1.90. The van der Waals surface area contributed by atoms with Crippen LogP contribution < -0.4 is 0 Å². The van der Waals surface area contributed by atoms with Crippen molar-refractivity contribution < 1.29 is 13.2 Å². The summed E-state index contributed by atoms with van der Waals surface area (Å²) in [4.78, 5) is 0. The summed E-state index contributed by atoms with van der Waals surface area (Å²) in [6.07, 6.45) is -4.26. The minimum absolute atomic E-state index is 0.544. The van der Waals surface area contributed by atoms with E-state index in [0.717, 1.165) is 12.1 Å². The molecule has 1 aromatic carbocycles. The van der Waals surface area contributed by atoms with Crippen molar-refractivity contribution in [3.05, 3.63) is 35.1 Å². The lowest BCUT2D eigenvalue weighted by molar-refractivity contribution is -0.137. The number of benzene rings is 1. The zero-order valence-electron chi connectivity index (χ0n) is 6.39. The highest BCUT2D eigenvalue weighted by Crippen LogP contribution is 2.30. The van der Waals surface area contributed by atoms with Crippen LogP contribution in [0.1, 0.15) is 5.56 Å². The van der Waals surface area contributed by atoms with Crippen molar-refractivity contribution in [1.82, 2.24) is 0 Å². The summed E-state index contributed by atoms with van der Waals surface area (Å²) < 4.78 is 36.0. The SMILES string of the molecule is C[N-]c1ccc(C(F)(F)F)cc1. The van der Waals surface area contributed by atoms with Crippen LogP contribution in [0.4, 0.5) is 18.9 Å². The molecule has 0 aromatic heterocycles. The standard InChI is InChI=1S/C8H7F3N/c1-12-7-4-2-6(3-5-7)8(9,10)11/h2-5H,1H3/q-1. The molecule has 0 amide bonds. The van der Waals surface area contributed by atoms with Gasteiger partial charge in [0.05, 0.1) is 5.56 Å². The topological polar surface area (TPSA) is 14.1 Å². The van der Waals surface area contributed by atoms with Crippen LogP contribution in [0.25, 0.3) is 5.32 Å². The molecule has 0 unspecified atom stereocenters. The second-order valence-corrected chi connectivity index (χ2v) is 2.27. The number of hydrogen-bond acceptors (Lipinski definition) is 0. The Balaban J connectivity index is 2.93. The van der Waals surface area contributed by atoms with Gasteiger partial charge in [0, 0.05) is 0 Å². The van der Waals surface area contributed by atoms with Crippen LogP contribution in [0.15, 0.2) is 24.3 Å². The third-order valence-electron chi connectivity index (χ3n) is 1.45. The van der Waals surface area contributed by atoms with Gasteiger partial charge in [-0.25, -0.2) is 0 Å².